The van der Waals surface area contributed by atoms with E-state index < -0.39 is 0 Å². The van der Waals surface area contributed by atoms with Crippen LogP contribution in [0.15, 0.2) is 47.4 Å². The Hall–Kier alpha value is -1.98. The molecular weight excluding hydrogens is 384 g/mol. The molecule has 2 saturated carbocycles. The van der Waals surface area contributed by atoms with E-state index in [4.69, 9.17) is 0 Å². The number of thioether (sulfide) groups is 1. The van der Waals surface area contributed by atoms with Crippen molar-refractivity contribution >= 4 is 17.5 Å². The third-order valence-electron chi connectivity index (χ3n) is 7.69. The summed E-state index contributed by atoms with van der Waals surface area (Å²) in [5.41, 5.74) is 1.57. The first-order valence-corrected chi connectivity index (χ1v) is 11.3. The van der Waals surface area contributed by atoms with Gasteiger partial charge in [-0.1, -0.05) is 13.0 Å². The molecule has 3 N–H and O–H groups in total. The Balaban J connectivity index is 1.61. The zero-order valence-electron chi connectivity index (χ0n) is 16.4. The summed E-state index contributed by atoms with van der Waals surface area (Å²) in [6, 6.07) is 12.2. The number of Topliss-reactive ketones (excluding diaryl/α,β-unsaturated/α-hetero) is 1. The van der Waals surface area contributed by atoms with Crippen LogP contribution in [0.3, 0.4) is 0 Å². The second kappa shape index (κ2) is 6.78. The van der Waals surface area contributed by atoms with Gasteiger partial charge in [-0.15, -0.1) is 11.8 Å². The van der Waals surface area contributed by atoms with Crippen LogP contribution >= 0.6 is 11.8 Å². The molecule has 2 fully saturated rings. The predicted octanol–water partition coefficient (Wildman–Crippen LogP) is 4.73. The van der Waals surface area contributed by atoms with E-state index >= 15 is 0 Å². The number of rotatable bonds is 2. The first kappa shape index (κ1) is 19.0. The van der Waals surface area contributed by atoms with Gasteiger partial charge < -0.3 is 15.3 Å². The Bertz CT molecular complexity index is 956. The van der Waals surface area contributed by atoms with E-state index in [0.29, 0.717) is 11.5 Å². The lowest BCUT2D eigenvalue weighted by Crippen LogP contribution is -2.50. The molecule has 0 heterocycles. The van der Waals surface area contributed by atoms with Gasteiger partial charge in [-0.2, -0.15) is 0 Å². The molecule has 6 atom stereocenters. The second-order valence-corrected chi connectivity index (χ2v) is 10.3. The fourth-order valence-electron chi connectivity index (χ4n) is 6.16. The summed E-state index contributed by atoms with van der Waals surface area (Å²) in [5.74, 6) is 1.13. The summed E-state index contributed by atoms with van der Waals surface area (Å²) in [4.78, 5) is 14.6. The molecule has 0 aliphatic heterocycles. The van der Waals surface area contributed by atoms with Gasteiger partial charge >= 0.3 is 0 Å². The summed E-state index contributed by atoms with van der Waals surface area (Å²) in [7, 11) is 0. The number of aliphatic hydroxyl groups is 1. The quantitative estimate of drug-likeness (QED) is 0.667. The number of hydrogen-bond donors (Lipinski definition) is 3. The Labute approximate surface area is 175 Å². The third-order valence-corrected chi connectivity index (χ3v) is 9.02. The van der Waals surface area contributed by atoms with E-state index in [1.807, 2.05) is 18.2 Å². The minimum absolute atomic E-state index is 0.0702. The largest absolute Gasteiger partial charge is 0.508 e. The van der Waals surface area contributed by atoms with E-state index in [1.54, 1.807) is 36.0 Å². The normalized spacial score (nSPS) is 35.7. The van der Waals surface area contributed by atoms with Gasteiger partial charge in [-0.3, -0.25) is 4.79 Å². The lowest BCUT2D eigenvalue weighted by molar-refractivity contribution is -0.0193. The molecule has 5 heteroatoms. The standard InChI is InChI=1S/C24H26O4S/c1-24-11-10-17-16-7-4-14(26)12-18(16)22(28)23(21(17)19(24)8-9-20(24)27)29-15-5-2-13(25)3-6-15/h2-7,12,17,19-21,23,25-27H,8-11H2,1H3/t17?,19?,20-,21?,23?,24-/m0/s1. The maximum atomic E-state index is 13.6. The topological polar surface area (TPSA) is 77.8 Å². The molecular formula is C24H26O4S. The first-order chi connectivity index (χ1) is 13.9. The number of phenols is 2. The molecule has 0 aromatic heterocycles. The number of aromatic hydroxyl groups is 2. The van der Waals surface area contributed by atoms with Crippen molar-refractivity contribution in [3.8, 4) is 11.5 Å². The van der Waals surface area contributed by atoms with Crippen molar-refractivity contribution in [1.82, 2.24) is 0 Å². The van der Waals surface area contributed by atoms with Crippen LogP contribution in [0.4, 0.5) is 0 Å². The Morgan fingerprint density at radius 3 is 2.48 bits per heavy atom. The summed E-state index contributed by atoms with van der Waals surface area (Å²) in [6.45, 7) is 2.20. The number of ketones is 1. The highest BCUT2D eigenvalue weighted by atomic mass is 32.2. The van der Waals surface area contributed by atoms with Crippen molar-refractivity contribution in [2.24, 2.45) is 17.3 Å². The lowest BCUT2D eigenvalue weighted by Gasteiger charge is -2.52. The van der Waals surface area contributed by atoms with Crippen LogP contribution in [-0.2, 0) is 0 Å². The van der Waals surface area contributed by atoms with Gasteiger partial charge in [-0.25, -0.2) is 0 Å². The van der Waals surface area contributed by atoms with Gasteiger partial charge in [0.1, 0.15) is 11.5 Å². The van der Waals surface area contributed by atoms with Crippen LogP contribution < -0.4 is 0 Å². The molecule has 4 nitrogen and oxygen atoms in total. The molecule has 0 radical (unpaired) electrons. The van der Waals surface area contributed by atoms with Gasteiger partial charge in [0.2, 0.25) is 0 Å². The zero-order chi connectivity index (χ0) is 20.3. The van der Waals surface area contributed by atoms with Crippen molar-refractivity contribution in [2.45, 2.75) is 54.8 Å². The molecule has 3 aliphatic rings. The molecule has 0 amide bonds. The maximum absolute atomic E-state index is 13.6. The second-order valence-electron chi connectivity index (χ2n) is 9.10. The van der Waals surface area contributed by atoms with E-state index in [0.717, 1.165) is 36.1 Å². The van der Waals surface area contributed by atoms with E-state index in [-0.39, 0.29) is 45.9 Å². The summed E-state index contributed by atoms with van der Waals surface area (Å²) >= 11 is 1.56. The molecule has 2 aromatic carbocycles. The van der Waals surface area contributed by atoms with Crippen molar-refractivity contribution in [3.63, 3.8) is 0 Å². The number of carbonyl (C=O) groups excluding carboxylic acids is 1. The Morgan fingerprint density at radius 1 is 1.00 bits per heavy atom. The van der Waals surface area contributed by atoms with Gasteiger partial charge in [0.25, 0.3) is 0 Å². The average molecular weight is 411 g/mol. The van der Waals surface area contributed by atoms with Crippen LogP contribution in [0.2, 0.25) is 0 Å². The molecule has 0 bridgehead atoms. The van der Waals surface area contributed by atoms with Crippen LogP contribution in [0.1, 0.15) is 54.4 Å². The summed E-state index contributed by atoms with van der Waals surface area (Å²) < 4.78 is 0. The summed E-state index contributed by atoms with van der Waals surface area (Å²) in [5, 5.41) is 30.1. The zero-order valence-corrected chi connectivity index (χ0v) is 17.2. The minimum Gasteiger partial charge on any atom is -0.508 e. The van der Waals surface area contributed by atoms with E-state index in [2.05, 4.69) is 6.92 Å². The Kier molecular flexibility index (Phi) is 4.44. The van der Waals surface area contributed by atoms with Gasteiger partial charge in [-0.05, 0) is 90.8 Å². The van der Waals surface area contributed by atoms with Crippen LogP contribution in [0.25, 0.3) is 0 Å². The van der Waals surface area contributed by atoms with Gasteiger partial charge in [0.15, 0.2) is 5.78 Å². The van der Waals surface area contributed by atoms with Crippen LogP contribution in [0.5, 0.6) is 11.5 Å². The molecule has 2 aromatic rings. The van der Waals surface area contributed by atoms with Gasteiger partial charge in [0, 0.05) is 10.5 Å². The molecule has 29 heavy (non-hydrogen) atoms. The fraction of sp³-hybridized carbons (Fsp3) is 0.458. The molecule has 4 unspecified atom stereocenters. The smallest absolute Gasteiger partial charge is 0.176 e. The number of benzene rings is 2. The van der Waals surface area contributed by atoms with Crippen LogP contribution in [0, 0.1) is 17.3 Å². The highest BCUT2D eigenvalue weighted by molar-refractivity contribution is 8.00. The third kappa shape index (κ3) is 2.89. The number of fused-ring (bicyclic) bond motifs is 5. The minimum atomic E-state index is -0.302. The van der Waals surface area contributed by atoms with Crippen LogP contribution in [-0.4, -0.2) is 32.5 Å². The first-order valence-electron chi connectivity index (χ1n) is 10.4. The van der Waals surface area contributed by atoms with Gasteiger partial charge in [0.05, 0.1) is 11.4 Å². The number of hydrogen-bond acceptors (Lipinski definition) is 5. The highest BCUT2D eigenvalue weighted by Gasteiger charge is 2.58. The highest BCUT2D eigenvalue weighted by Crippen LogP contribution is 2.62. The van der Waals surface area contributed by atoms with Crippen molar-refractivity contribution in [2.75, 3.05) is 0 Å². The van der Waals surface area contributed by atoms with Crippen molar-refractivity contribution < 1.29 is 20.1 Å². The lowest BCUT2D eigenvalue weighted by atomic mass is 9.55. The predicted molar refractivity (Wildman–Crippen MR) is 112 cm³/mol. The molecule has 0 spiro atoms. The average Bonchev–Trinajstić information content (AvgIpc) is 3.01. The Morgan fingerprint density at radius 2 is 1.72 bits per heavy atom. The van der Waals surface area contributed by atoms with E-state index in [1.165, 1.54) is 0 Å². The number of carbonyl (C=O) groups is 1. The molecule has 0 saturated heterocycles. The molecule has 3 aliphatic carbocycles. The van der Waals surface area contributed by atoms with Crippen molar-refractivity contribution in [1.29, 1.82) is 0 Å². The van der Waals surface area contributed by atoms with E-state index in [9.17, 15) is 20.1 Å². The maximum Gasteiger partial charge on any atom is 0.176 e. The van der Waals surface area contributed by atoms with Crippen molar-refractivity contribution in [3.05, 3.63) is 53.6 Å². The SMILES string of the molecule is C[C@]12CCC3c4ccc(O)cc4C(=O)C(Sc4ccc(O)cc4)C3C1CC[C@@H]2O. The number of aliphatic hydroxyl groups excluding tert-OH is 1. The summed E-state index contributed by atoms with van der Waals surface area (Å²) in [6.07, 6.45) is 3.37. The molecule has 152 valence electrons. The number of phenolic OH excluding ortho intramolecular Hbond substituents is 2. The monoisotopic (exact) mass is 410 g/mol. The fourth-order valence-corrected chi connectivity index (χ4v) is 7.52. The molecule has 5 rings (SSSR count).